The van der Waals surface area contributed by atoms with Crippen molar-refractivity contribution < 1.29 is 4.79 Å². The number of nitrogens with two attached hydrogens (primary N) is 1. The topological polar surface area (TPSA) is 58.4 Å². The predicted molar refractivity (Wildman–Crippen MR) is 70.7 cm³/mol. The zero-order chi connectivity index (χ0) is 12.8. The van der Waals surface area contributed by atoms with Gasteiger partial charge in [-0.3, -0.25) is 4.79 Å². The maximum Gasteiger partial charge on any atom is 0.236 e. The lowest BCUT2D eigenvalue weighted by Crippen LogP contribution is -2.48. The van der Waals surface area contributed by atoms with Crippen molar-refractivity contribution in [1.82, 2.24) is 10.2 Å². The lowest BCUT2D eigenvalue weighted by Gasteiger charge is -2.32. The molecule has 0 saturated carbocycles. The van der Waals surface area contributed by atoms with Crippen LogP contribution in [0.15, 0.2) is 0 Å². The van der Waals surface area contributed by atoms with E-state index in [4.69, 9.17) is 5.73 Å². The molecule has 1 unspecified atom stereocenters. The molecule has 0 aromatic rings. The third kappa shape index (κ3) is 5.04. The molecule has 1 rings (SSSR count). The second-order valence-electron chi connectivity index (χ2n) is 5.61. The minimum absolute atomic E-state index is 0.00215. The summed E-state index contributed by atoms with van der Waals surface area (Å²) in [6.07, 6.45) is 4.47. The Labute approximate surface area is 105 Å². The van der Waals surface area contributed by atoms with Crippen LogP contribution >= 0.6 is 0 Å². The van der Waals surface area contributed by atoms with Crippen molar-refractivity contribution in [2.24, 2.45) is 11.7 Å². The van der Waals surface area contributed by atoms with Crippen molar-refractivity contribution >= 4 is 5.91 Å². The van der Waals surface area contributed by atoms with Gasteiger partial charge in [-0.05, 0) is 38.8 Å². The van der Waals surface area contributed by atoms with Crippen LogP contribution in [0, 0.1) is 5.92 Å². The first-order valence-electron chi connectivity index (χ1n) is 6.74. The summed E-state index contributed by atoms with van der Waals surface area (Å²) in [5, 5.41) is 2.98. The number of carbonyl (C=O) groups excluding carboxylic acids is 1. The molecule has 100 valence electrons. The van der Waals surface area contributed by atoms with Crippen molar-refractivity contribution in [2.45, 2.75) is 51.6 Å². The van der Waals surface area contributed by atoms with Gasteiger partial charge in [0, 0.05) is 12.6 Å². The molecule has 1 amide bonds. The minimum Gasteiger partial charge on any atom is -0.353 e. The van der Waals surface area contributed by atoms with E-state index in [0.717, 1.165) is 19.5 Å². The Morgan fingerprint density at radius 2 is 2.18 bits per heavy atom. The van der Waals surface area contributed by atoms with Crippen LogP contribution in [-0.2, 0) is 4.79 Å². The van der Waals surface area contributed by atoms with Gasteiger partial charge in [0.05, 0.1) is 6.04 Å². The maximum atomic E-state index is 11.8. The van der Waals surface area contributed by atoms with Gasteiger partial charge < -0.3 is 16.0 Å². The van der Waals surface area contributed by atoms with E-state index in [9.17, 15) is 4.79 Å². The van der Waals surface area contributed by atoms with Crippen LogP contribution in [0.4, 0.5) is 0 Å². The molecule has 1 saturated heterocycles. The van der Waals surface area contributed by atoms with Gasteiger partial charge in [-0.15, -0.1) is 0 Å². The molecule has 0 bridgehead atoms. The monoisotopic (exact) mass is 241 g/mol. The highest BCUT2D eigenvalue weighted by molar-refractivity contribution is 5.81. The van der Waals surface area contributed by atoms with E-state index in [1.54, 1.807) is 0 Å². The van der Waals surface area contributed by atoms with Gasteiger partial charge in [-0.2, -0.15) is 0 Å². The summed E-state index contributed by atoms with van der Waals surface area (Å²) in [5.74, 6) is 0.464. The maximum absolute atomic E-state index is 11.8. The first-order chi connectivity index (χ1) is 8.00. The van der Waals surface area contributed by atoms with Crippen molar-refractivity contribution in [3.05, 3.63) is 0 Å². The van der Waals surface area contributed by atoms with Gasteiger partial charge in [0.25, 0.3) is 0 Å². The molecule has 1 fully saturated rings. The van der Waals surface area contributed by atoms with E-state index in [1.807, 2.05) is 0 Å². The number of likely N-dealkylation sites (tertiary alicyclic amines) is 1. The second kappa shape index (κ2) is 6.97. The fourth-order valence-electron chi connectivity index (χ4n) is 2.37. The Morgan fingerprint density at radius 1 is 1.47 bits per heavy atom. The van der Waals surface area contributed by atoms with Crippen LogP contribution < -0.4 is 11.1 Å². The average molecular weight is 241 g/mol. The first kappa shape index (κ1) is 14.5. The van der Waals surface area contributed by atoms with Crippen LogP contribution in [0.3, 0.4) is 0 Å². The predicted octanol–water partition coefficient (Wildman–Crippen LogP) is 0.960. The Hall–Kier alpha value is -0.610. The Bertz CT molecular complexity index is 243. The van der Waals surface area contributed by atoms with Gasteiger partial charge >= 0.3 is 0 Å². The molecule has 4 nitrogen and oxygen atoms in total. The van der Waals surface area contributed by atoms with Crippen molar-refractivity contribution in [3.63, 3.8) is 0 Å². The third-order valence-electron chi connectivity index (χ3n) is 3.50. The molecule has 3 N–H and O–H groups in total. The van der Waals surface area contributed by atoms with Crippen molar-refractivity contribution in [3.8, 4) is 0 Å². The smallest absolute Gasteiger partial charge is 0.236 e. The molecule has 1 aliphatic heterocycles. The number of nitrogens with one attached hydrogen (secondary N) is 1. The zero-order valence-electron chi connectivity index (χ0n) is 11.4. The summed E-state index contributed by atoms with van der Waals surface area (Å²) >= 11 is 0. The van der Waals surface area contributed by atoms with E-state index < -0.39 is 0 Å². The standard InChI is InChI=1S/C13H27N3O/c1-10(2)8-12(14)13(17)15-9-11-6-4-5-7-16(11)3/h10-12H,4-9,14H2,1-3H3,(H,15,17)/t11?,12-/m0/s1. The van der Waals surface area contributed by atoms with Crippen LogP contribution in [0.1, 0.15) is 39.5 Å². The highest BCUT2D eigenvalue weighted by atomic mass is 16.2. The summed E-state index contributed by atoms with van der Waals surface area (Å²) in [6.45, 7) is 6.05. The summed E-state index contributed by atoms with van der Waals surface area (Å²) in [5.41, 5.74) is 5.84. The number of piperidine rings is 1. The van der Waals surface area contributed by atoms with E-state index >= 15 is 0 Å². The van der Waals surface area contributed by atoms with Crippen LogP contribution in [0.25, 0.3) is 0 Å². The van der Waals surface area contributed by atoms with E-state index in [-0.39, 0.29) is 11.9 Å². The van der Waals surface area contributed by atoms with Gasteiger partial charge in [-0.25, -0.2) is 0 Å². The summed E-state index contributed by atoms with van der Waals surface area (Å²) in [6, 6.07) is 0.128. The second-order valence-corrected chi connectivity index (χ2v) is 5.61. The van der Waals surface area contributed by atoms with E-state index in [2.05, 4.69) is 31.1 Å². The lowest BCUT2D eigenvalue weighted by atomic mass is 10.0. The van der Waals surface area contributed by atoms with Gasteiger partial charge in [0.1, 0.15) is 0 Å². The summed E-state index contributed by atoms with van der Waals surface area (Å²) < 4.78 is 0. The molecular weight excluding hydrogens is 214 g/mol. The molecule has 1 heterocycles. The Balaban J connectivity index is 2.26. The van der Waals surface area contributed by atoms with Gasteiger partial charge in [0.2, 0.25) is 5.91 Å². The minimum atomic E-state index is -0.358. The van der Waals surface area contributed by atoms with Gasteiger partial charge in [-0.1, -0.05) is 20.3 Å². The lowest BCUT2D eigenvalue weighted by molar-refractivity contribution is -0.123. The van der Waals surface area contributed by atoms with E-state index in [0.29, 0.717) is 12.0 Å². The SMILES string of the molecule is CC(C)C[C@H](N)C(=O)NCC1CCCCN1C. The summed E-state index contributed by atoms with van der Waals surface area (Å²) in [4.78, 5) is 14.1. The van der Waals surface area contributed by atoms with Gasteiger partial charge in [0.15, 0.2) is 0 Å². The zero-order valence-corrected chi connectivity index (χ0v) is 11.4. The molecule has 0 aromatic heterocycles. The Kier molecular flexibility index (Phi) is 5.92. The normalized spacial score (nSPS) is 23.7. The number of amides is 1. The first-order valence-corrected chi connectivity index (χ1v) is 6.74. The average Bonchev–Trinajstić information content (AvgIpc) is 2.26. The quantitative estimate of drug-likeness (QED) is 0.754. The molecular formula is C13H27N3O. The van der Waals surface area contributed by atoms with Crippen LogP contribution in [0.2, 0.25) is 0 Å². The molecule has 0 radical (unpaired) electrons. The molecule has 0 aliphatic carbocycles. The molecule has 1 aliphatic rings. The number of hydrogen-bond acceptors (Lipinski definition) is 3. The fourth-order valence-corrected chi connectivity index (χ4v) is 2.37. The molecule has 17 heavy (non-hydrogen) atoms. The van der Waals surface area contributed by atoms with E-state index in [1.165, 1.54) is 19.3 Å². The van der Waals surface area contributed by atoms with Crippen LogP contribution in [-0.4, -0.2) is 43.0 Å². The molecule has 0 aromatic carbocycles. The Morgan fingerprint density at radius 3 is 2.76 bits per heavy atom. The molecule has 4 heteroatoms. The van der Waals surface area contributed by atoms with Crippen molar-refractivity contribution in [1.29, 1.82) is 0 Å². The third-order valence-corrected chi connectivity index (χ3v) is 3.50. The largest absolute Gasteiger partial charge is 0.353 e. The number of likely N-dealkylation sites (N-methyl/N-ethyl adjacent to an activating group) is 1. The number of carbonyl (C=O) groups is 1. The number of rotatable bonds is 5. The summed E-state index contributed by atoms with van der Waals surface area (Å²) in [7, 11) is 2.13. The molecule has 0 spiro atoms. The number of hydrogen-bond donors (Lipinski definition) is 2. The molecule has 2 atom stereocenters. The fraction of sp³-hybridized carbons (Fsp3) is 0.923. The highest BCUT2D eigenvalue weighted by Crippen LogP contribution is 2.14. The van der Waals surface area contributed by atoms with Crippen LogP contribution in [0.5, 0.6) is 0 Å². The van der Waals surface area contributed by atoms with Crippen molar-refractivity contribution in [2.75, 3.05) is 20.1 Å². The number of nitrogens with zero attached hydrogens (tertiary/aromatic N) is 1. The highest BCUT2D eigenvalue weighted by Gasteiger charge is 2.21.